The van der Waals surface area contributed by atoms with Crippen LogP contribution in [0.4, 0.5) is 0 Å². The molecule has 0 saturated carbocycles. The lowest BCUT2D eigenvalue weighted by atomic mass is 10.3. The first-order valence-corrected chi connectivity index (χ1v) is 6.34. The first kappa shape index (κ1) is 12.7. The van der Waals surface area contributed by atoms with Gasteiger partial charge in [0.1, 0.15) is 0 Å². The van der Waals surface area contributed by atoms with E-state index in [9.17, 15) is 4.79 Å². The van der Waals surface area contributed by atoms with Crippen LogP contribution < -0.4 is 5.32 Å². The van der Waals surface area contributed by atoms with Crippen molar-refractivity contribution in [3.05, 3.63) is 20.3 Å². The number of amides is 1. The highest BCUT2D eigenvalue weighted by molar-refractivity contribution is 9.11. The number of thiophene rings is 1. The van der Waals surface area contributed by atoms with Crippen molar-refractivity contribution in [1.29, 1.82) is 0 Å². The number of hydrogen-bond donors (Lipinski definition) is 2. The molecule has 0 aliphatic rings. The zero-order chi connectivity index (χ0) is 11.4. The van der Waals surface area contributed by atoms with Crippen LogP contribution in [0.25, 0.3) is 0 Å². The molecule has 0 aliphatic carbocycles. The molecule has 1 amide bonds. The number of aliphatic hydroxyl groups excluding tert-OH is 1. The molecule has 3 nitrogen and oxygen atoms in total. The van der Waals surface area contributed by atoms with E-state index < -0.39 is 0 Å². The average molecular weight is 292 g/mol. The maximum Gasteiger partial charge on any atom is 0.261 e. The number of carbonyl (C=O) groups excluding carboxylic acids is 1. The number of rotatable bonds is 4. The average Bonchev–Trinajstić information content (AvgIpc) is 2.46. The summed E-state index contributed by atoms with van der Waals surface area (Å²) in [7, 11) is 0. The van der Waals surface area contributed by atoms with Crippen molar-refractivity contribution >= 4 is 33.2 Å². The van der Waals surface area contributed by atoms with E-state index in [-0.39, 0.29) is 12.0 Å². The summed E-state index contributed by atoms with van der Waals surface area (Å²) < 4.78 is 0.989. The van der Waals surface area contributed by atoms with Crippen molar-refractivity contribution in [2.45, 2.75) is 26.4 Å². The summed E-state index contributed by atoms with van der Waals surface area (Å²) in [6.07, 6.45) is 0.208. The SMILES string of the molecule is Cc1cc(C(=O)NCCC(C)O)sc1Br. The predicted octanol–water partition coefficient (Wildman–Crippen LogP) is 2.32. The number of aryl methyl sites for hydroxylation is 1. The van der Waals surface area contributed by atoms with Crippen LogP contribution in [0.1, 0.15) is 28.6 Å². The second kappa shape index (κ2) is 5.63. The monoisotopic (exact) mass is 291 g/mol. The third-order valence-electron chi connectivity index (χ3n) is 1.93. The molecule has 5 heteroatoms. The second-order valence-corrected chi connectivity index (χ2v) is 5.83. The van der Waals surface area contributed by atoms with E-state index in [1.54, 1.807) is 6.92 Å². The van der Waals surface area contributed by atoms with Gasteiger partial charge in [0.15, 0.2) is 0 Å². The zero-order valence-electron chi connectivity index (χ0n) is 8.71. The van der Waals surface area contributed by atoms with Crippen molar-refractivity contribution in [2.75, 3.05) is 6.54 Å². The highest BCUT2D eigenvalue weighted by Gasteiger charge is 2.10. The second-order valence-electron chi connectivity index (χ2n) is 3.46. The number of hydrogen-bond acceptors (Lipinski definition) is 3. The van der Waals surface area contributed by atoms with Gasteiger partial charge in [-0.05, 0) is 47.8 Å². The molecule has 84 valence electrons. The van der Waals surface area contributed by atoms with Gasteiger partial charge in [-0.15, -0.1) is 11.3 Å². The molecule has 2 N–H and O–H groups in total. The molecule has 1 unspecified atom stereocenters. The molecule has 0 spiro atoms. The van der Waals surface area contributed by atoms with Gasteiger partial charge >= 0.3 is 0 Å². The topological polar surface area (TPSA) is 49.3 Å². The molecule has 0 saturated heterocycles. The van der Waals surface area contributed by atoms with Crippen molar-refractivity contribution in [3.63, 3.8) is 0 Å². The quantitative estimate of drug-likeness (QED) is 0.894. The van der Waals surface area contributed by atoms with E-state index in [1.807, 2.05) is 13.0 Å². The Labute approximate surface area is 102 Å². The lowest BCUT2D eigenvalue weighted by molar-refractivity contribution is 0.0949. The molecule has 1 rings (SSSR count). The van der Waals surface area contributed by atoms with Gasteiger partial charge in [-0.1, -0.05) is 0 Å². The van der Waals surface area contributed by atoms with Crippen LogP contribution in [-0.2, 0) is 0 Å². The molecular weight excluding hydrogens is 278 g/mol. The summed E-state index contributed by atoms with van der Waals surface area (Å²) >= 11 is 4.80. The predicted molar refractivity (Wildman–Crippen MR) is 65.4 cm³/mol. The molecule has 0 aromatic carbocycles. The lowest BCUT2D eigenvalue weighted by Gasteiger charge is -2.04. The van der Waals surface area contributed by atoms with Crippen molar-refractivity contribution < 1.29 is 9.90 Å². The maximum atomic E-state index is 11.6. The Morgan fingerprint density at radius 3 is 2.87 bits per heavy atom. The summed E-state index contributed by atoms with van der Waals surface area (Å²) in [5.74, 6) is -0.0746. The molecule has 1 aromatic heterocycles. The molecule has 15 heavy (non-hydrogen) atoms. The fraction of sp³-hybridized carbons (Fsp3) is 0.500. The Morgan fingerprint density at radius 1 is 1.73 bits per heavy atom. The van der Waals surface area contributed by atoms with Crippen molar-refractivity contribution in [2.24, 2.45) is 0 Å². The maximum absolute atomic E-state index is 11.6. The van der Waals surface area contributed by atoms with Gasteiger partial charge in [-0.2, -0.15) is 0 Å². The van der Waals surface area contributed by atoms with Crippen LogP contribution in [0.15, 0.2) is 9.85 Å². The third-order valence-corrected chi connectivity index (χ3v) is 4.06. The van der Waals surface area contributed by atoms with Gasteiger partial charge in [0.2, 0.25) is 0 Å². The minimum absolute atomic E-state index is 0.0746. The minimum Gasteiger partial charge on any atom is -0.393 e. The normalized spacial score (nSPS) is 12.5. The fourth-order valence-corrected chi connectivity index (χ4v) is 2.50. The Hall–Kier alpha value is -0.390. The molecule has 1 atom stereocenters. The first-order valence-electron chi connectivity index (χ1n) is 4.73. The van der Waals surface area contributed by atoms with Gasteiger partial charge in [0.05, 0.1) is 14.8 Å². The van der Waals surface area contributed by atoms with Crippen LogP contribution in [0.5, 0.6) is 0 Å². The van der Waals surface area contributed by atoms with Gasteiger partial charge in [0.25, 0.3) is 5.91 Å². The largest absolute Gasteiger partial charge is 0.393 e. The van der Waals surface area contributed by atoms with E-state index in [0.29, 0.717) is 17.8 Å². The standard InChI is InChI=1S/C10H14BrNO2S/c1-6-5-8(15-9(6)11)10(14)12-4-3-7(2)13/h5,7,13H,3-4H2,1-2H3,(H,12,14). The number of carbonyl (C=O) groups is 1. The summed E-state index contributed by atoms with van der Waals surface area (Å²) in [6, 6.07) is 1.85. The summed E-state index contributed by atoms with van der Waals surface area (Å²) in [5, 5.41) is 11.8. The van der Waals surface area contributed by atoms with Crippen molar-refractivity contribution in [1.82, 2.24) is 5.32 Å². The summed E-state index contributed by atoms with van der Waals surface area (Å²) in [5.41, 5.74) is 1.07. The van der Waals surface area contributed by atoms with E-state index in [0.717, 1.165) is 9.35 Å². The zero-order valence-corrected chi connectivity index (χ0v) is 11.1. The molecule has 1 heterocycles. The molecule has 0 fully saturated rings. The molecule has 0 aliphatic heterocycles. The van der Waals surface area contributed by atoms with Crippen LogP contribution in [-0.4, -0.2) is 23.7 Å². The highest BCUT2D eigenvalue weighted by atomic mass is 79.9. The third kappa shape index (κ3) is 3.93. The fourth-order valence-electron chi connectivity index (χ4n) is 1.05. The van der Waals surface area contributed by atoms with Crippen LogP contribution in [0.2, 0.25) is 0 Å². The van der Waals surface area contributed by atoms with Gasteiger partial charge in [-0.25, -0.2) is 0 Å². The van der Waals surface area contributed by atoms with E-state index in [2.05, 4.69) is 21.2 Å². The Kier molecular flexibility index (Phi) is 4.76. The summed E-state index contributed by atoms with van der Waals surface area (Å²) in [4.78, 5) is 12.3. The van der Waals surface area contributed by atoms with Crippen LogP contribution in [0, 0.1) is 6.92 Å². The lowest BCUT2D eigenvalue weighted by Crippen LogP contribution is -2.25. The van der Waals surface area contributed by atoms with Crippen LogP contribution in [0.3, 0.4) is 0 Å². The van der Waals surface area contributed by atoms with Crippen LogP contribution >= 0.6 is 27.3 Å². The van der Waals surface area contributed by atoms with Gasteiger partial charge in [0, 0.05) is 6.54 Å². The number of aliphatic hydroxyl groups is 1. The Morgan fingerprint density at radius 2 is 2.40 bits per heavy atom. The Balaban J connectivity index is 2.47. The number of nitrogens with one attached hydrogen (secondary N) is 1. The highest BCUT2D eigenvalue weighted by Crippen LogP contribution is 2.27. The molecule has 0 radical (unpaired) electrons. The Bertz CT molecular complexity index is 330. The van der Waals surface area contributed by atoms with E-state index in [1.165, 1.54) is 11.3 Å². The van der Waals surface area contributed by atoms with Gasteiger partial charge < -0.3 is 10.4 Å². The number of halogens is 1. The molecule has 0 bridgehead atoms. The first-order chi connectivity index (χ1) is 7.00. The molecule has 1 aromatic rings. The smallest absolute Gasteiger partial charge is 0.261 e. The van der Waals surface area contributed by atoms with Crippen molar-refractivity contribution in [3.8, 4) is 0 Å². The van der Waals surface area contributed by atoms with Gasteiger partial charge in [-0.3, -0.25) is 4.79 Å². The minimum atomic E-state index is -0.373. The van der Waals surface area contributed by atoms with E-state index in [4.69, 9.17) is 5.11 Å². The van der Waals surface area contributed by atoms with E-state index >= 15 is 0 Å². The summed E-state index contributed by atoms with van der Waals surface area (Å²) in [6.45, 7) is 4.16. The molecular formula is C10H14BrNO2S.